The van der Waals surface area contributed by atoms with Crippen LogP contribution in [-0.4, -0.2) is 18.4 Å². The van der Waals surface area contributed by atoms with E-state index in [2.05, 4.69) is 0 Å². The predicted octanol–water partition coefficient (Wildman–Crippen LogP) is 1.84. The Hall–Kier alpha value is -0.370. The van der Waals surface area contributed by atoms with Crippen molar-refractivity contribution < 1.29 is 4.74 Å². The lowest BCUT2D eigenvalue weighted by Crippen LogP contribution is -2.18. The van der Waals surface area contributed by atoms with Crippen molar-refractivity contribution in [1.82, 2.24) is 0 Å². The summed E-state index contributed by atoms with van der Waals surface area (Å²) >= 11 is 0. The lowest BCUT2D eigenvalue weighted by atomic mass is 10.2. The summed E-state index contributed by atoms with van der Waals surface area (Å²) in [4.78, 5) is 0. The van der Waals surface area contributed by atoms with Crippen molar-refractivity contribution >= 4 is 5.71 Å². The molecule has 1 unspecified atom stereocenters. The Morgan fingerprint density at radius 1 is 1.56 bits per heavy atom. The molecule has 0 heterocycles. The second-order valence-corrected chi connectivity index (χ2v) is 1.98. The van der Waals surface area contributed by atoms with Gasteiger partial charge in [-0.3, -0.25) is 0 Å². The fourth-order valence-electron chi connectivity index (χ4n) is 0.638. The van der Waals surface area contributed by atoms with Crippen molar-refractivity contribution in [3.05, 3.63) is 0 Å². The molecule has 54 valence electrons. The van der Waals surface area contributed by atoms with E-state index in [1.165, 1.54) is 0 Å². The maximum Gasteiger partial charge on any atom is 0.0920 e. The van der Waals surface area contributed by atoms with E-state index in [1.54, 1.807) is 0 Å². The van der Waals surface area contributed by atoms with Crippen LogP contribution in [0.4, 0.5) is 0 Å². The van der Waals surface area contributed by atoms with E-state index in [-0.39, 0.29) is 6.10 Å². The first-order valence-corrected chi connectivity index (χ1v) is 3.41. The molecule has 0 aromatic heterocycles. The molecule has 0 aliphatic heterocycles. The van der Waals surface area contributed by atoms with Gasteiger partial charge in [-0.05, 0) is 20.3 Å². The van der Waals surface area contributed by atoms with Gasteiger partial charge in [0.2, 0.25) is 0 Å². The predicted molar refractivity (Wildman–Crippen MR) is 39.1 cm³/mol. The maximum absolute atomic E-state index is 7.32. The molecule has 1 atom stereocenters. The third kappa shape index (κ3) is 3.25. The Balaban J connectivity index is 3.45. The molecule has 2 heteroatoms. The van der Waals surface area contributed by atoms with Crippen LogP contribution in [0.3, 0.4) is 0 Å². The standard InChI is InChI=1S/C7H15NO/c1-4-7(8)6(3)9-5-2/h6,8H,4-5H2,1-3H3. The van der Waals surface area contributed by atoms with E-state index in [1.807, 2.05) is 20.8 Å². The molecule has 0 radical (unpaired) electrons. The van der Waals surface area contributed by atoms with Crippen molar-refractivity contribution in [2.24, 2.45) is 0 Å². The zero-order valence-corrected chi connectivity index (χ0v) is 6.40. The second-order valence-electron chi connectivity index (χ2n) is 1.98. The van der Waals surface area contributed by atoms with Crippen LogP contribution in [0.1, 0.15) is 27.2 Å². The highest BCUT2D eigenvalue weighted by Gasteiger charge is 2.03. The normalized spacial score (nSPS) is 13.2. The van der Waals surface area contributed by atoms with Gasteiger partial charge < -0.3 is 10.1 Å². The van der Waals surface area contributed by atoms with E-state index in [0.717, 1.165) is 6.42 Å². The number of ether oxygens (including phenoxy) is 1. The first kappa shape index (κ1) is 8.63. The first-order valence-electron chi connectivity index (χ1n) is 3.41. The second kappa shape index (κ2) is 4.50. The van der Waals surface area contributed by atoms with Crippen LogP contribution < -0.4 is 0 Å². The van der Waals surface area contributed by atoms with Crippen LogP contribution in [0, 0.1) is 5.41 Å². The smallest absolute Gasteiger partial charge is 0.0920 e. The van der Waals surface area contributed by atoms with Gasteiger partial charge in [0.1, 0.15) is 0 Å². The fraction of sp³-hybridized carbons (Fsp3) is 0.857. The summed E-state index contributed by atoms with van der Waals surface area (Å²) in [7, 11) is 0. The SMILES string of the molecule is CCOC(C)C(=N)CC. The highest BCUT2D eigenvalue weighted by Crippen LogP contribution is 1.95. The van der Waals surface area contributed by atoms with Crippen molar-refractivity contribution in [2.45, 2.75) is 33.3 Å². The van der Waals surface area contributed by atoms with E-state index < -0.39 is 0 Å². The van der Waals surface area contributed by atoms with Crippen molar-refractivity contribution in [3.8, 4) is 0 Å². The minimum absolute atomic E-state index is 0.0139. The maximum atomic E-state index is 7.32. The van der Waals surface area contributed by atoms with Crippen LogP contribution in [0.2, 0.25) is 0 Å². The summed E-state index contributed by atoms with van der Waals surface area (Å²) in [6.45, 7) is 6.52. The summed E-state index contributed by atoms with van der Waals surface area (Å²) in [6, 6.07) is 0. The number of hydrogen-bond donors (Lipinski definition) is 1. The minimum Gasteiger partial charge on any atom is -0.373 e. The average Bonchev–Trinajstić information content (AvgIpc) is 1.87. The molecule has 0 aliphatic rings. The largest absolute Gasteiger partial charge is 0.373 e. The lowest BCUT2D eigenvalue weighted by Gasteiger charge is -2.10. The summed E-state index contributed by atoms with van der Waals surface area (Å²) < 4.78 is 5.17. The fourth-order valence-corrected chi connectivity index (χ4v) is 0.638. The number of nitrogens with one attached hydrogen (secondary N) is 1. The van der Waals surface area contributed by atoms with E-state index in [0.29, 0.717) is 12.3 Å². The van der Waals surface area contributed by atoms with E-state index in [9.17, 15) is 0 Å². The van der Waals surface area contributed by atoms with Gasteiger partial charge in [0.15, 0.2) is 0 Å². The summed E-state index contributed by atoms with van der Waals surface area (Å²) in [5.41, 5.74) is 0.678. The molecule has 0 fully saturated rings. The average molecular weight is 129 g/mol. The van der Waals surface area contributed by atoms with Gasteiger partial charge in [-0.25, -0.2) is 0 Å². The van der Waals surface area contributed by atoms with E-state index in [4.69, 9.17) is 10.1 Å². The Bertz CT molecular complexity index is 90.9. The zero-order valence-electron chi connectivity index (χ0n) is 6.40. The summed E-state index contributed by atoms with van der Waals surface area (Å²) in [5.74, 6) is 0. The van der Waals surface area contributed by atoms with E-state index >= 15 is 0 Å². The van der Waals surface area contributed by atoms with Crippen LogP contribution in [0.25, 0.3) is 0 Å². The quantitative estimate of drug-likeness (QED) is 0.577. The van der Waals surface area contributed by atoms with Crippen molar-refractivity contribution in [1.29, 1.82) is 5.41 Å². The molecule has 0 rings (SSSR count). The molecule has 0 saturated carbocycles. The minimum atomic E-state index is 0.0139. The molecule has 0 aromatic rings. The third-order valence-corrected chi connectivity index (χ3v) is 1.29. The third-order valence-electron chi connectivity index (χ3n) is 1.29. The summed E-state index contributed by atoms with van der Waals surface area (Å²) in [6.07, 6.45) is 0.807. The highest BCUT2D eigenvalue weighted by atomic mass is 16.5. The molecule has 0 spiro atoms. The Labute approximate surface area is 56.7 Å². The zero-order chi connectivity index (χ0) is 7.28. The van der Waals surface area contributed by atoms with Crippen LogP contribution in [-0.2, 0) is 4.74 Å². The highest BCUT2D eigenvalue weighted by molar-refractivity contribution is 5.85. The molecule has 2 nitrogen and oxygen atoms in total. The molecule has 0 aliphatic carbocycles. The van der Waals surface area contributed by atoms with Gasteiger partial charge in [-0.1, -0.05) is 6.92 Å². The monoisotopic (exact) mass is 129 g/mol. The molecule has 9 heavy (non-hydrogen) atoms. The Kier molecular flexibility index (Phi) is 4.32. The topological polar surface area (TPSA) is 33.1 Å². The molecule has 1 N–H and O–H groups in total. The van der Waals surface area contributed by atoms with Crippen LogP contribution in [0.15, 0.2) is 0 Å². The first-order chi connectivity index (χ1) is 4.22. The summed E-state index contributed by atoms with van der Waals surface area (Å²) in [5, 5.41) is 7.32. The van der Waals surface area contributed by atoms with Crippen LogP contribution in [0.5, 0.6) is 0 Å². The molecular formula is C7H15NO. The van der Waals surface area contributed by atoms with Gasteiger partial charge in [0.25, 0.3) is 0 Å². The van der Waals surface area contributed by atoms with Gasteiger partial charge in [-0.15, -0.1) is 0 Å². The Morgan fingerprint density at radius 3 is 2.44 bits per heavy atom. The molecule has 0 amide bonds. The van der Waals surface area contributed by atoms with Gasteiger partial charge >= 0.3 is 0 Å². The lowest BCUT2D eigenvalue weighted by molar-refractivity contribution is 0.120. The van der Waals surface area contributed by atoms with Gasteiger partial charge in [-0.2, -0.15) is 0 Å². The molecule has 0 saturated heterocycles. The molecule has 0 bridgehead atoms. The van der Waals surface area contributed by atoms with Gasteiger partial charge in [0, 0.05) is 12.3 Å². The van der Waals surface area contributed by atoms with Crippen molar-refractivity contribution in [2.75, 3.05) is 6.61 Å². The molecule has 0 aromatic carbocycles. The van der Waals surface area contributed by atoms with Crippen LogP contribution >= 0.6 is 0 Å². The Morgan fingerprint density at radius 2 is 2.11 bits per heavy atom. The molecular weight excluding hydrogens is 114 g/mol. The van der Waals surface area contributed by atoms with Gasteiger partial charge in [0.05, 0.1) is 6.10 Å². The van der Waals surface area contributed by atoms with Crippen molar-refractivity contribution in [3.63, 3.8) is 0 Å². The number of hydrogen-bond acceptors (Lipinski definition) is 2. The number of rotatable bonds is 4.